The van der Waals surface area contributed by atoms with Crippen LogP contribution in [0.25, 0.3) is 0 Å². The van der Waals surface area contributed by atoms with Gasteiger partial charge in [0.15, 0.2) is 0 Å². The molecule has 66 valence electrons. The fraction of sp³-hybridized carbons (Fsp3) is 0.571. The highest BCUT2D eigenvalue weighted by molar-refractivity contribution is 5.92. The summed E-state index contributed by atoms with van der Waals surface area (Å²) in [6, 6.07) is 0.00306. The second-order valence-corrected chi connectivity index (χ2v) is 2.47. The first-order valence-electron chi connectivity index (χ1n) is 3.23. The van der Waals surface area contributed by atoms with Gasteiger partial charge in [-0.15, -0.1) is 12.4 Å². The Balaban J connectivity index is 0. The van der Waals surface area contributed by atoms with Crippen LogP contribution in [0.3, 0.4) is 0 Å². The first-order valence-corrected chi connectivity index (χ1v) is 3.23. The van der Waals surface area contributed by atoms with Gasteiger partial charge in [-0.1, -0.05) is 6.58 Å². The minimum Gasteiger partial charge on any atom is -0.351 e. The quantitative estimate of drug-likeness (QED) is 0.617. The maximum atomic E-state index is 10.8. The van der Waals surface area contributed by atoms with E-state index in [0.717, 1.165) is 0 Å². The van der Waals surface area contributed by atoms with Crippen molar-refractivity contribution in [3.05, 3.63) is 12.2 Å². The van der Waals surface area contributed by atoms with Gasteiger partial charge in [0.25, 0.3) is 0 Å². The van der Waals surface area contributed by atoms with Crippen molar-refractivity contribution < 1.29 is 4.79 Å². The molecule has 0 bridgehead atoms. The molecule has 1 atom stereocenters. The number of hydrogen-bond donors (Lipinski definition) is 2. The minimum atomic E-state index is -0.127. The molecule has 0 aliphatic heterocycles. The molecule has 0 aliphatic carbocycles. The Morgan fingerprint density at radius 2 is 2.18 bits per heavy atom. The molecular weight excluding hydrogens is 164 g/mol. The van der Waals surface area contributed by atoms with Crippen molar-refractivity contribution in [2.24, 2.45) is 5.73 Å². The van der Waals surface area contributed by atoms with Crippen molar-refractivity contribution in [3.63, 3.8) is 0 Å². The van der Waals surface area contributed by atoms with E-state index in [0.29, 0.717) is 12.1 Å². The van der Waals surface area contributed by atoms with Gasteiger partial charge in [-0.25, -0.2) is 0 Å². The molecule has 1 unspecified atom stereocenters. The summed E-state index contributed by atoms with van der Waals surface area (Å²) in [5.41, 5.74) is 5.91. The lowest BCUT2D eigenvalue weighted by Crippen LogP contribution is -2.35. The zero-order valence-corrected chi connectivity index (χ0v) is 7.70. The minimum absolute atomic E-state index is 0. The van der Waals surface area contributed by atoms with Gasteiger partial charge in [0.2, 0.25) is 5.91 Å². The van der Waals surface area contributed by atoms with Gasteiger partial charge in [0.05, 0.1) is 0 Å². The molecule has 0 aromatic carbocycles. The largest absolute Gasteiger partial charge is 0.351 e. The van der Waals surface area contributed by atoms with Crippen molar-refractivity contribution in [3.8, 4) is 0 Å². The first kappa shape index (κ1) is 13.1. The zero-order chi connectivity index (χ0) is 8.15. The molecular formula is C7H15ClN2O. The smallest absolute Gasteiger partial charge is 0.246 e. The van der Waals surface area contributed by atoms with Crippen LogP contribution < -0.4 is 11.1 Å². The van der Waals surface area contributed by atoms with Gasteiger partial charge >= 0.3 is 0 Å². The lowest BCUT2D eigenvalue weighted by Gasteiger charge is -2.06. The second kappa shape index (κ2) is 6.19. The number of halogens is 1. The van der Waals surface area contributed by atoms with Crippen LogP contribution in [0.15, 0.2) is 12.2 Å². The van der Waals surface area contributed by atoms with Crippen LogP contribution in [-0.4, -0.2) is 18.5 Å². The summed E-state index contributed by atoms with van der Waals surface area (Å²) in [6.45, 7) is 7.48. The van der Waals surface area contributed by atoms with Crippen molar-refractivity contribution >= 4 is 18.3 Å². The van der Waals surface area contributed by atoms with Gasteiger partial charge in [0.1, 0.15) is 0 Å². The Kier molecular flexibility index (Phi) is 7.36. The Labute approximate surface area is 73.4 Å². The van der Waals surface area contributed by atoms with Gasteiger partial charge < -0.3 is 11.1 Å². The summed E-state index contributed by atoms with van der Waals surface area (Å²) >= 11 is 0. The number of nitrogens with two attached hydrogens (primary N) is 1. The molecule has 3 nitrogen and oxygen atoms in total. The summed E-state index contributed by atoms with van der Waals surface area (Å²) < 4.78 is 0. The summed E-state index contributed by atoms with van der Waals surface area (Å²) in [4.78, 5) is 10.8. The highest BCUT2D eigenvalue weighted by atomic mass is 35.5. The predicted molar refractivity (Wildman–Crippen MR) is 48.7 cm³/mol. The summed E-state index contributed by atoms with van der Waals surface area (Å²) in [7, 11) is 0. The SMILES string of the molecule is C=C(C)C(=O)NCC(C)N.Cl. The molecule has 4 heteroatoms. The highest BCUT2D eigenvalue weighted by Gasteiger charge is 2.00. The molecule has 0 spiro atoms. The number of amides is 1. The number of hydrogen-bond acceptors (Lipinski definition) is 2. The van der Waals surface area contributed by atoms with Crippen LogP contribution in [0, 0.1) is 0 Å². The van der Waals surface area contributed by atoms with Crippen molar-refractivity contribution in [1.82, 2.24) is 5.32 Å². The lowest BCUT2D eigenvalue weighted by atomic mass is 10.3. The monoisotopic (exact) mass is 178 g/mol. The molecule has 0 saturated heterocycles. The van der Waals surface area contributed by atoms with Gasteiger partial charge in [0, 0.05) is 18.2 Å². The van der Waals surface area contributed by atoms with Gasteiger partial charge in [-0.05, 0) is 13.8 Å². The first-order chi connectivity index (χ1) is 4.54. The summed E-state index contributed by atoms with van der Waals surface area (Å²) in [6.07, 6.45) is 0. The van der Waals surface area contributed by atoms with E-state index in [9.17, 15) is 4.79 Å². The third kappa shape index (κ3) is 7.36. The molecule has 0 aromatic rings. The van der Waals surface area contributed by atoms with Crippen LogP contribution in [0.2, 0.25) is 0 Å². The molecule has 0 rings (SSSR count). The second-order valence-electron chi connectivity index (χ2n) is 2.47. The molecule has 0 aliphatic rings. The van der Waals surface area contributed by atoms with Crippen LogP contribution in [0.5, 0.6) is 0 Å². The molecule has 0 saturated carbocycles. The van der Waals surface area contributed by atoms with E-state index in [2.05, 4.69) is 11.9 Å². The normalized spacial score (nSPS) is 11.2. The molecule has 1 amide bonds. The molecule has 0 aromatic heterocycles. The predicted octanol–water partition coefficient (Wildman–Crippen LogP) is 0.448. The molecule has 11 heavy (non-hydrogen) atoms. The Bertz CT molecular complexity index is 145. The fourth-order valence-corrected chi connectivity index (χ4v) is 0.405. The third-order valence-corrected chi connectivity index (χ3v) is 0.972. The van der Waals surface area contributed by atoms with E-state index in [4.69, 9.17) is 5.73 Å². The van der Waals surface area contributed by atoms with E-state index in [1.807, 2.05) is 6.92 Å². The van der Waals surface area contributed by atoms with Crippen LogP contribution >= 0.6 is 12.4 Å². The fourth-order valence-electron chi connectivity index (χ4n) is 0.405. The maximum Gasteiger partial charge on any atom is 0.246 e. The van der Waals surface area contributed by atoms with E-state index in [1.165, 1.54) is 0 Å². The molecule has 0 radical (unpaired) electrons. The van der Waals surface area contributed by atoms with Crippen molar-refractivity contribution in [1.29, 1.82) is 0 Å². The van der Waals surface area contributed by atoms with Crippen molar-refractivity contribution in [2.75, 3.05) is 6.54 Å². The molecule has 0 fully saturated rings. The van der Waals surface area contributed by atoms with Crippen LogP contribution in [0.1, 0.15) is 13.8 Å². The Hall–Kier alpha value is -0.540. The average Bonchev–Trinajstić information content (AvgIpc) is 1.82. The van der Waals surface area contributed by atoms with Gasteiger partial charge in [-0.3, -0.25) is 4.79 Å². The standard InChI is InChI=1S/C7H14N2O.ClH/c1-5(2)7(10)9-4-6(3)8;/h6H,1,4,8H2,2-3H3,(H,9,10);1H. The number of rotatable bonds is 3. The number of carbonyl (C=O) groups is 1. The average molecular weight is 179 g/mol. The van der Waals surface area contributed by atoms with E-state index in [1.54, 1.807) is 6.92 Å². The molecule has 3 N–H and O–H groups in total. The highest BCUT2D eigenvalue weighted by Crippen LogP contribution is 1.84. The molecule has 0 heterocycles. The van der Waals surface area contributed by atoms with Crippen LogP contribution in [0.4, 0.5) is 0 Å². The van der Waals surface area contributed by atoms with E-state index >= 15 is 0 Å². The van der Waals surface area contributed by atoms with Crippen LogP contribution in [-0.2, 0) is 4.79 Å². The van der Waals surface area contributed by atoms with E-state index < -0.39 is 0 Å². The third-order valence-electron chi connectivity index (χ3n) is 0.972. The zero-order valence-electron chi connectivity index (χ0n) is 6.89. The maximum absolute atomic E-state index is 10.8. The van der Waals surface area contributed by atoms with Gasteiger partial charge in [-0.2, -0.15) is 0 Å². The summed E-state index contributed by atoms with van der Waals surface area (Å²) in [5, 5.41) is 2.62. The Morgan fingerprint density at radius 3 is 2.45 bits per heavy atom. The van der Waals surface area contributed by atoms with Crippen molar-refractivity contribution in [2.45, 2.75) is 19.9 Å². The van der Waals surface area contributed by atoms with E-state index in [-0.39, 0.29) is 24.4 Å². The number of carbonyl (C=O) groups excluding carboxylic acids is 1. The topological polar surface area (TPSA) is 55.1 Å². The lowest BCUT2D eigenvalue weighted by molar-refractivity contribution is -0.117. The summed E-state index contributed by atoms with van der Waals surface area (Å²) in [5.74, 6) is -0.127. The number of nitrogens with one attached hydrogen (secondary N) is 1. The Morgan fingerprint density at radius 1 is 1.73 bits per heavy atom.